The third kappa shape index (κ3) is 2.76. The highest BCUT2D eigenvalue weighted by Crippen LogP contribution is 2.22. The summed E-state index contributed by atoms with van der Waals surface area (Å²) in [5, 5.41) is 13.9. The van der Waals surface area contributed by atoms with E-state index in [4.69, 9.17) is 4.74 Å². The number of nitrogens with one attached hydrogen (secondary N) is 1. The molecule has 1 aromatic heterocycles. The Hall–Kier alpha value is -1.69. The molecular formula is C12H17N3O3. The Labute approximate surface area is 106 Å². The standard InChI is InChI=1S/C12H17N3O3/c1-8-6-10(15(16)17)7-13-12(8)14-9(2)11-4-3-5-18-11/h6-7,9,11H,3-5H2,1-2H3,(H,13,14). The van der Waals surface area contributed by atoms with Crippen molar-refractivity contribution in [2.24, 2.45) is 0 Å². The van der Waals surface area contributed by atoms with Crippen LogP contribution in [0.1, 0.15) is 25.3 Å². The number of anilines is 1. The van der Waals surface area contributed by atoms with Crippen molar-refractivity contribution in [1.82, 2.24) is 4.98 Å². The first-order valence-electron chi connectivity index (χ1n) is 6.07. The first-order valence-corrected chi connectivity index (χ1v) is 6.07. The first-order chi connectivity index (χ1) is 8.58. The first kappa shape index (κ1) is 12.8. The number of hydrogen-bond acceptors (Lipinski definition) is 5. The average molecular weight is 251 g/mol. The van der Waals surface area contributed by atoms with Gasteiger partial charge >= 0.3 is 0 Å². The smallest absolute Gasteiger partial charge is 0.287 e. The van der Waals surface area contributed by atoms with Gasteiger partial charge in [-0.1, -0.05) is 0 Å². The van der Waals surface area contributed by atoms with Gasteiger partial charge in [0.2, 0.25) is 0 Å². The summed E-state index contributed by atoms with van der Waals surface area (Å²) in [4.78, 5) is 14.3. The molecule has 0 bridgehead atoms. The molecule has 2 rings (SSSR count). The second-order valence-corrected chi connectivity index (χ2v) is 4.60. The fourth-order valence-corrected chi connectivity index (χ4v) is 2.12. The molecule has 2 unspecified atom stereocenters. The molecule has 1 aliphatic rings. The Morgan fingerprint density at radius 1 is 1.67 bits per heavy atom. The molecular weight excluding hydrogens is 234 g/mol. The molecule has 0 radical (unpaired) electrons. The number of hydrogen-bond donors (Lipinski definition) is 1. The van der Waals surface area contributed by atoms with Crippen LogP contribution in [0.2, 0.25) is 0 Å². The van der Waals surface area contributed by atoms with Crippen LogP contribution in [0.15, 0.2) is 12.3 Å². The normalized spacial score (nSPS) is 20.7. The lowest BCUT2D eigenvalue weighted by Crippen LogP contribution is -2.30. The van der Waals surface area contributed by atoms with E-state index in [1.165, 1.54) is 12.3 Å². The highest BCUT2D eigenvalue weighted by molar-refractivity contribution is 5.48. The molecule has 6 nitrogen and oxygen atoms in total. The second-order valence-electron chi connectivity index (χ2n) is 4.60. The molecule has 6 heteroatoms. The van der Waals surface area contributed by atoms with E-state index in [0.29, 0.717) is 5.82 Å². The lowest BCUT2D eigenvalue weighted by atomic mass is 10.1. The van der Waals surface area contributed by atoms with Gasteiger partial charge < -0.3 is 10.1 Å². The largest absolute Gasteiger partial charge is 0.376 e. The quantitative estimate of drug-likeness (QED) is 0.656. The van der Waals surface area contributed by atoms with E-state index in [2.05, 4.69) is 10.3 Å². The summed E-state index contributed by atoms with van der Waals surface area (Å²) < 4.78 is 5.59. The minimum absolute atomic E-state index is 0.0165. The van der Waals surface area contributed by atoms with E-state index in [1.54, 1.807) is 0 Å². The van der Waals surface area contributed by atoms with Crippen LogP contribution in [-0.4, -0.2) is 28.7 Å². The van der Waals surface area contributed by atoms with Crippen LogP contribution in [0.4, 0.5) is 11.5 Å². The maximum atomic E-state index is 10.6. The van der Waals surface area contributed by atoms with Crippen LogP contribution < -0.4 is 5.32 Å². The maximum absolute atomic E-state index is 10.6. The number of aromatic nitrogens is 1. The highest BCUT2D eigenvalue weighted by atomic mass is 16.6. The number of aryl methyl sites for hydroxylation is 1. The van der Waals surface area contributed by atoms with Gasteiger partial charge in [-0.15, -0.1) is 0 Å². The van der Waals surface area contributed by atoms with Gasteiger partial charge in [0.1, 0.15) is 12.0 Å². The molecule has 0 aromatic carbocycles. The van der Waals surface area contributed by atoms with Crippen molar-refractivity contribution < 1.29 is 9.66 Å². The van der Waals surface area contributed by atoms with Gasteiger partial charge in [0.05, 0.1) is 17.1 Å². The summed E-state index contributed by atoms with van der Waals surface area (Å²) in [5.74, 6) is 0.684. The zero-order chi connectivity index (χ0) is 13.1. The Balaban J connectivity index is 2.06. The zero-order valence-corrected chi connectivity index (χ0v) is 10.5. The minimum atomic E-state index is -0.437. The summed E-state index contributed by atoms with van der Waals surface area (Å²) in [6, 6.07) is 1.68. The van der Waals surface area contributed by atoms with E-state index < -0.39 is 4.92 Å². The van der Waals surface area contributed by atoms with E-state index in [1.807, 2.05) is 13.8 Å². The van der Waals surface area contributed by atoms with Gasteiger partial charge in [0.15, 0.2) is 0 Å². The predicted octanol–water partition coefficient (Wildman–Crippen LogP) is 2.28. The molecule has 1 aliphatic heterocycles. The third-order valence-corrected chi connectivity index (χ3v) is 3.16. The number of rotatable bonds is 4. The molecule has 0 amide bonds. The fraction of sp³-hybridized carbons (Fsp3) is 0.583. The molecule has 2 atom stereocenters. The lowest BCUT2D eigenvalue weighted by Gasteiger charge is -2.21. The number of nitro groups is 1. The van der Waals surface area contributed by atoms with Gasteiger partial charge in [-0.05, 0) is 32.3 Å². The van der Waals surface area contributed by atoms with E-state index in [-0.39, 0.29) is 17.8 Å². The Kier molecular flexibility index (Phi) is 3.76. The van der Waals surface area contributed by atoms with Gasteiger partial charge in [0.25, 0.3) is 5.69 Å². The molecule has 0 spiro atoms. The third-order valence-electron chi connectivity index (χ3n) is 3.16. The van der Waals surface area contributed by atoms with E-state index in [9.17, 15) is 10.1 Å². The second kappa shape index (κ2) is 5.30. The SMILES string of the molecule is Cc1cc([N+](=O)[O-])cnc1NC(C)C1CCCO1. The molecule has 1 fully saturated rings. The van der Waals surface area contributed by atoms with Gasteiger partial charge in [-0.2, -0.15) is 0 Å². The Morgan fingerprint density at radius 3 is 3.00 bits per heavy atom. The van der Waals surface area contributed by atoms with Crippen LogP contribution in [-0.2, 0) is 4.74 Å². The van der Waals surface area contributed by atoms with Gasteiger partial charge in [-0.25, -0.2) is 4.98 Å². The Morgan fingerprint density at radius 2 is 2.44 bits per heavy atom. The van der Waals surface area contributed by atoms with Crippen molar-refractivity contribution in [1.29, 1.82) is 0 Å². The predicted molar refractivity (Wildman–Crippen MR) is 67.7 cm³/mol. The van der Waals surface area contributed by atoms with Crippen molar-refractivity contribution in [2.75, 3.05) is 11.9 Å². The van der Waals surface area contributed by atoms with Gasteiger partial charge in [0, 0.05) is 12.7 Å². The lowest BCUT2D eigenvalue weighted by molar-refractivity contribution is -0.385. The monoisotopic (exact) mass is 251 g/mol. The summed E-state index contributed by atoms with van der Waals surface area (Å²) in [7, 11) is 0. The van der Waals surface area contributed by atoms with Crippen molar-refractivity contribution in [3.8, 4) is 0 Å². The van der Waals surface area contributed by atoms with Crippen LogP contribution in [0.5, 0.6) is 0 Å². The molecule has 98 valence electrons. The average Bonchev–Trinajstić information content (AvgIpc) is 2.85. The summed E-state index contributed by atoms with van der Waals surface area (Å²) in [6.45, 7) is 4.66. The molecule has 18 heavy (non-hydrogen) atoms. The van der Waals surface area contributed by atoms with Crippen molar-refractivity contribution >= 4 is 11.5 Å². The maximum Gasteiger partial charge on any atom is 0.287 e. The number of pyridine rings is 1. The molecule has 1 saturated heterocycles. The van der Waals surface area contributed by atoms with E-state index >= 15 is 0 Å². The summed E-state index contributed by atoms with van der Waals surface area (Å²) >= 11 is 0. The summed E-state index contributed by atoms with van der Waals surface area (Å²) in [5.41, 5.74) is 0.789. The zero-order valence-electron chi connectivity index (χ0n) is 10.5. The molecule has 1 aromatic rings. The molecule has 1 N–H and O–H groups in total. The fourth-order valence-electron chi connectivity index (χ4n) is 2.12. The number of ether oxygens (including phenoxy) is 1. The number of nitrogens with zero attached hydrogens (tertiary/aromatic N) is 2. The van der Waals surface area contributed by atoms with Gasteiger partial charge in [-0.3, -0.25) is 10.1 Å². The topological polar surface area (TPSA) is 77.3 Å². The molecule has 0 saturated carbocycles. The van der Waals surface area contributed by atoms with E-state index in [0.717, 1.165) is 25.0 Å². The van der Waals surface area contributed by atoms with Crippen molar-refractivity contribution in [3.63, 3.8) is 0 Å². The van der Waals surface area contributed by atoms with Crippen LogP contribution in [0.25, 0.3) is 0 Å². The Bertz CT molecular complexity index is 444. The summed E-state index contributed by atoms with van der Waals surface area (Å²) in [6.07, 6.45) is 3.60. The minimum Gasteiger partial charge on any atom is -0.376 e. The van der Waals surface area contributed by atoms with Crippen molar-refractivity contribution in [3.05, 3.63) is 27.9 Å². The van der Waals surface area contributed by atoms with Crippen LogP contribution >= 0.6 is 0 Å². The van der Waals surface area contributed by atoms with Crippen LogP contribution in [0.3, 0.4) is 0 Å². The molecule has 0 aliphatic carbocycles. The van der Waals surface area contributed by atoms with Crippen LogP contribution in [0, 0.1) is 17.0 Å². The highest BCUT2D eigenvalue weighted by Gasteiger charge is 2.23. The molecule has 2 heterocycles. The van der Waals surface area contributed by atoms with Crippen molar-refractivity contribution in [2.45, 2.75) is 38.8 Å².